The highest BCUT2D eigenvalue weighted by Gasteiger charge is 2.21. The minimum atomic E-state index is -3.36. The summed E-state index contributed by atoms with van der Waals surface area (Å²) < 4.78 is 26.1. The number of H-pyrrole nitrogens is 1. The van der Waals surface area contributed by atoms with Crippen LogP contribution >= 0.6 is 0 Å². The van der Waals surface area contributed by atoms with Gasteiger partial charge in [0, 0.05) is 32.0 Å². The second-order valence-electron chi connectivity index (χ2n) is 5.15. The van der Waals surface area contributed by atoms with E-state index >= 15 is 0 Å². The van der Waals surface area contributed by atoms with Crippen LogP contribution in [0.4, 0.5) is 0 Å². The number of nitrogens with one attached hydrogen (secondary N) is 2. The monoisotopic (exact) mass is 287 g/mol. The first-order chi connectivity index (χ1) is 8.87. The molecule has 2 N–H and O–H groups in total. The standard InChI is InChI=1S/C13H25N3O2S/c1-5-14-9-12-8-13(10-15-12)19(17,18)16(4)7-6-11(2)3/h8,10-11,14-15H,5-7,9H2,1-4H3. The van der Waals surface area contributed by atoms with Crippen LogP contribution in [0.5, 0.6) is 0 Å². The van der Waals surface area contributed by atoms with Crippen LogP contribution in [0.1, 0.15) is 32.9 Å². The van der Waals surface area contributed by atoms with E-state index in [1.807, 2.05) is 6.92 Å². The molecule has 19 heavy (non-hydrogen) atoms. The molecule has 5 nitrogen and oxygen atoms in total. The number of nitrogens with zero attached hydrogens (tertiary/aromatic N) is 1. The van der Waals surface area contributed by atoms with Crippen molar-refractivity contribution >= 4 is 10.0 Å². The van der Waals surface area contributed by atoms with E-state index < -0.39 is 10.0 Å². The summed E-state index contributed by atoms with van der Waals surface area (Å²) >= 11 is 0. The molecule has 6 heteroatoms. The molecule has 0 saturated carbocycles. The van der Waals surface area contributed by atoms with Crippen LogP contribution in [0.25, 0.3) is 0 Å². The van der Waals surface area contributed by atoms with Crippen molar-refractivity contribution < 1.29 is 8.42 Å². The van der Waals surface area contributed by atoms with Crippen molar-refractivity contribution in [2.24, 2.45) is 5.92 Å². The van der Waals surface area contributed by atoms with Gasteiger partial charge in [-0.2, -0.15) is 0 Å². The quantitative estimate of drug-likeness (QED) is 0.766. The highest BCUT2D eigenvalue weighted by Crippen LogP contribution is 2.16. The van der Waals surface area contributed by atoms with Gasteiger partial charge in [-0.15, -0.1) is 0 Å². The lowest BCUT2D eigenvalue weighted by molar-refractivity contribution is 0.428. The molecule has 0 unspecified atom stereocenters. The van der Waals surface area contributed by atoms with Gasteiger partial charge in [0.05, 0.1) is 4.90 Å². The fourth-order valence-corrected chi connectivity index (χ4v) is 2.87. The Morgan fingerprint density at radius 1 is 1.42 bits per heavy atom. The first-order valence-corrected chi connectivity index (χ1v) is 8.16. The maximum atomic E-state index is 12.3. The number of rotatable bonds is 8. The molecule has 1 aromatic heterocycles. The van der Waals surface area contributed by atoms with E-state index in [0.717, 1.165) is 18.7 Å². The molecule has 1 heterocycles. The molecular formula is C13H25N3O2S. The highest BCUT2D eigenvalue weighted by atomic mass is 32.2. The van der Waals surface area contributed by atoms with E-state index in [1.165, 1.54) is 4.31 Å². The van der Waals surface area contributed by atoms with Crippen LogP contribution in [0, 0.1) is 5.92 Å². The number of sulfonamides is 1. The Hall–Kier alpha value is -0.850. The van der Waals surface area contributed by atoms with Crippen molar-refractivity contribution in [3.8, 4) is 0 Å². The smallest absolute Gasteiger partial charge is 0.244 e. The molecule has 0 fully saturated rings. The summed E-state index contributed by atoms with van der Waals surface area (Å²) in [5.41, 5.74) is 0.887. The fourth-order valence-electron chi connectivity index (χ4n) is 1.67. The average Bonchev–Trinajstić information content (AvgIpc) is 2.82. The van der Waals surface area contributed by atoms with Crippen molar-refractivity contribution in [3.63, 3.8) is 0 Å². The van der Waals surface area contributed by atoms with Crippen LogP contribution in [0.2, 0.25) is 0 Å². The molecule has 0 amide bonds. The van der Waals surface area contributed by atoms with Gasteiger partial charge < -0.3 is 10.3 Å². The van der Waals surface area contributed by atoms with Gasteiger partial charge in [0.25, 0.3) is 0 Å². The van der Waals surface area contributed by atoms with Crippen LogP contribution < -0.4 is 5.32 Å². The average molecular weight is 287 g/mol. The number of aromatic amines is 1. The lowest BCUT2D eigenvalue weighted by atomic mass is 10.1. The Kier molecular flexibility index (Phi) is 6.03. The molecule has 0 spiro atoms. The Morgan fingerprint density at radius 3 is 2.68 bits per heavy atom. The Morgan fingerprint density at radius 2 is 2.11 bits per heavy atom. The topological polar surface area (TPSA) is 65.2 Å². The molecule has 0 atom stereocenters. The van der Waals surface area contributed by atoms with E-state index in [-0.39, 0.29) is 0 Å². The molecule has 0 aliphatic carbocycles. The minimum Gasteiger partial charge on any atom is -0.363 e. The summed E-state index contributed by atoms with van der Waals surface area (Å²) in [6.07, 6.45) is 2.43. The lowest BCUT2D eigenvalue weighted by Crippen LogP contribution is -2.28. The third-order valence-corrected chi connectivity index (χ3v) is 4.85. The zero-order valence-electron chi connectivity index (χ0n) is 12.2. The largest absolute Gasteiger partial charge is 0.363 e. The van der Waals surface area contributed by atoms with E-state index in [4.69, 9.17) is 0 Å². The summed E-state index contributed by atoms with van der Waals surface area (Å²) in [5, 5.41) is 3.16. The summed E-state index contributed by atoms with van der Waals surface area (Å²) in [7, 11) is -1.73. The molecular weight excluding hydrogens is 262 g/mol. The maximum absolute atomic E-state index is 12.3. The van der Waals surface area contributed by atoms with E-state index in [2.05, 4.69) is 24.1 Å². The van der Waals surface area contributed by atoms with E-state index in [0.29, 0.717) is 23.9 Å². The van der Waals surface area contributed by atoms with Crippen LogP contribution in [0.3, 0.4) is 0 Å². The summed E-state index contributed by atoms with van der Waals surface area (Å²) in [4.78, 5) is 3.34. The minimum absolute atomic E-state index is 0.339. The Balaban J connectivity index is 2.73. The van der Waals surface area contributed by atoms with E-state index in [1.54, 1.807) is 19.3 Å². The van der Waals surface area contributed by atoms with Gasteiger partial charge in [-0.25, -0.2) is 12.7 Å². The second-order valence-corrected chi connectivity index (χ2v) is 7.19. The van der Waals surface area contributed by atoms with Crippen molar-refractivity contribution in [1.29, 1.82) is 0 Å². The van der Waals surface area contributed by atoms with E-state index in [9.17, 15) is 8.42 Å². The van der Waals surface area contributed by atoms with Gasteiger partial charge in [-0.3, -0.25) is 0 Å². The molecule has 0 saturated heterocycles. The summed E-state index contributed by atoms with van der Waals surface area (Å²) in [6.45, 7) is 8.25. The maximum Gasteiger partial charge on any atom is 0.244 e. The molecule has 0 aliphatic heterocycles. The number of hydrogen-bond donors (Lipinski definition) is 2. The summed E-state index contributed by atoms with van der Waals surface area (Å²) in [5.74, 6) is 0.494. The van der Waals surface area contributed by atoms with Crippen LogP contribution in [-0.2, 0) is 16.6 Å². The van der Waals surface area contributed by atoms with Crippen molar-refractivity contribution in [3.05, 3.63) is 18.0 Å². The highest BCUT2D eigenvalue weighted by molar-refractivity contribution is 7.89. The second kappa shape index (κ2) is 7.07. The first kappa shape index (κ1) is 16.2. The van der Waals surface area contributed by atoms with Gasteiger partial charge in [0.2, 0.25) is 10.0 Å². The predicted octanol–water partition coefficient (Wildman–Crippen LogP) is 1.79. The molecule has 0 bridgehead atoms. The molecule has 0 aromatic carbocycles. The normalized spacial score (nSPS) is 12.5. The van der Waals surface area contributed by atoms with Gasteiger partial charge in [0.15, 0.2) is 0 Å². The summed E-state index contributed by atoms with van der Waals surface area (Å²) in [6, 6.07) is 1.70. The van der Waals surface area contributed by atoms with Crippen molar-refractivity contribution in [2.75, 3.05) is 20.1 Å². The number of aromatic nitrogens is 1. The Labute approximate surface area is 116 Å². The number of hydrogen-bond acceptors (Lipinski definition) is 3. The third-order valence-electron chi connectivity index (χ3n) is 3.01. The van der Waals surface area contributed by atoms with Gasteiger partial charge in [0.1, 0.15) is 0 Å². The predicted molar refractivity (Wildman–Crippen MR) is 77.4 cm³/mol. The molecule has 1 rings (SSSR count). The zero-order chi connectivity index (χ0) is 14.5. The molecule has 110 valence electrons. The third kappa shape index (κ3) is 4.63. The van der Waals surface area contributed by atoms with Crippen molar-refractivity contribution in [2.45, 2.75) is 38.6 Å². The molecule has 1 aromatic rings. The molecule has 0 aliphatic rings. The van der Waals surface area contributed by atoms with Crippen molar-refractivity contribution in [1.82, 2.24) is 14.6 Å². The molecule has 0 radical (unpaired) electrons. The van der Waals surface area contributed by atoms with Crippen LogP contribution in [-0.4, -0.2) is 37.8 Å². The van der Waals surface area contributed by atoms with Gasteiger partial charge in [-0.05, 0) is 24.9 Å². The SMILES string of the molecule is CCNCc1cc(S(=O)(=O)N(C)CCC(C)C)c[nH]1. The van der Waals surface area contributed by atoms with Gasteiger partial charge in [-0.1, -0.05) is 20.8 Å². The Bertz CT molecular complexity index is 480. The first-order valence-electron chi connectivity index (χ1n) is 6.72. The zero-order valence-corrected chi connectivity index (χ0v) is 13.0. The van der Waals surface area contributed by atoms with Gasteiger partial charge >= 0.3 is 0 Å². The fraction of sp³-hybridized carbons (Fsp3) is 0.692. The lowest BCUT2D eigenvalue weighted by Gasteiger charge is -2.17. The van der Waals surface area contributed by atoms with Crippen LogP contribution in [0.15, 0.2) is 17.2 Å².